The van der Waals surface area contributed by atoms with Gasteiger partial charge in [-0.3, -0.25) is 0 Å². The maximum atomic E-state index is 3.52. The average molecular weight is 203 g/mol. The summed E-state index contributed by atoms with van der Waals surface area (Å²) in [7, 11) is 0. The predicted molar refractivity (Wildman–Crippen MR) is 64.8 cm³/mol. The maximum Gasteiger partial charge on any atom is 0.0205 e. The topological polar surface area (TPSA) is 12.0 Å². The quantitative estimate of drug-likeness (QED) is 0.724. The van der Waals surface area contributed by atoms with E-state index in [1.54, 1.807) is 0 Å². The van der Waals surface area contributed by atoms with Gasteiger partial charge >= 0.3 is 0 Å². The van der Waals surface area contributed by atoms with Gasteiger partial charge in [0.25, 0.3) is 0 Å². The Bertz CT molecular complexity index is 285. The van der Waals surface area contributed by atoms with Crippen molar-refractivity contribution in [2.45, 2.75) is 39.2 Å². The second kappa shape index (κ2) is 5.32. The molecular weight excluding hydrogens is 182 g/mol. The van der Waals surface area contributed by atoms with E-state index in [0.29, 0.717) is 0 Å². The molecule has 0 spiro atoms. The molecule has 0 unspecified atom stereocenters. The number of rotatable bonds is 5. The van der Waals surface area contributed by atoms with Crippen LogP contribution in [0, 0.1) is 12.8 Å². The molecule has 1 heteroatoms. The summed E-state index contributed by atoms with van der Waals surface area (Å²) in [5.41, 5.74) is 2.74. The minimum Gasteiger partial charge on any atom is -0.313 e. The zero-order chi connectivity index (χ0) is 10.5. The van der Waals surface area contributed by atoms with Crippen molar-refractivity contribution < 1.29 is 0 Å². The Balaban J connectivity index is 1.62. The Hall–Kier alpha value is -0.820. The largest absolute Gasteiger partial charge is 0.313 e. The molecular formula is C14H21N. The first-order valence-corrected chi connectivity index (χ1v) is 6.11. The van der Waals surface area contributed by atoms with Gasteiger partial charge in [0.1, 0.15) is 0 Å². The lowest BCUT2D eigenvalue weighted by Crippen LogP contribution is -2.21. The fourth-order valence-electron chi connectivity index (χ4n) is 2.03. The molecule has 0 saturated heterocycles. The van der Waals surface area contributed by atoms with Crippen LogP contribution in [0.4, 0.5) is 0 Å². The number of aryl methyl sites for hydroxylation is 1. The summed E-state index contributed by atoms with van der Waals surface area (Å²) in [5.74, 6) is 1.02. The van der Waals surface area contributed by atoms with Crippen molar-refractivity contribution >= 4 is 0 Å². The molecule has 1 N–H and O–H groups in total. The minimum atomic E-state index is 1.02. The molecule has 1 aromatic rings. The third-order valence-electron chi connectivity index (χ3n) is 3.40. The van der Waals surface area contributed by atoms with Gasteiger partial charge in [0.2, 0.25) is 0 Å². The second-order valence-corrected chi connectivity index (χ2v) is 4.75. The van der Waals surface area contributed by atoms with Gasteiger partial charge in [-0.05, 0) is 31.4 Å². The predicted octanol–water partition coefficient (Wildman–Crippen LogP) is 3.27. The molecule has 0 aromatic heterocycles. The van der Waals surface area contributed by atoms with Gasteiger partial charge in [-0.2, -0.15) is 0 Å². The number of benzene rings is 1. The summed E-state index contributed by atoms with van der Waals surface area (Å²) in [5, 5.41) is 3.52. The Morgan fingerprint density at radius 2 is 1.93 bits per heavy atom. The van der Waals surface area contributed by atoms with Crippen molar-refractivity contribution in [3.8, 4) is 0 Å². The number of nitrogens with one attached hydrogen (secondary N) is 1. The Labute approximate surface area is 92.9 Å². The Kier molecular flexibility index (Phi) is 3.79. The van der Waals surface area contributed by atoms with E-state index < -0.39 is 0 Å². The normalized spacial score (nSPS) is 16.3. The van der Waals surface area contributed by atoms with Crippen LogP contribution in [-0.2, 0) is 6.54 Å². The van der Waals surface area contributed by atoms with Crippen molar-refractivity contribution in [1.29, 1.82) is 0 Å². The highest BCUT2D eigenvalue weighted by molar-refractivity contribution is 5.20. The van der Waals surface area contributed by atoms with E-state index in [-0.39, 0.29) is 0 Å². The average Bonchev–Trinajstić information content (AvgIpc) is 2.18. The van der Waals surface area contributed by atoms with Gasteiger partial charge in [-0.25, -0.2) is 0 Å². The molecule has 0 atom stereocenters. The van der Waals surface area contributed by atoms with E-state index in [9.17, 15) is 0 Å². The Morgan fingerprint density at radius 3 is 2.53 bits per heavy atom. The molecule has 1 nitrogen and oxygen atoms in total. The summed E-state index contributed by atoms with van der Waals surface area (Å²) in [6.45, 7) is 4.33. The summed E-state index contributed by atoms with van der Waals surface area (Å²) in [6, 6.07) is 8.79. The lowest BCUT2D eigenvalue weighted by molar-refractivity contribution is 0.292. The summed E-state index contributed by atoms with van der Waals surface area (Å²) >= 11 is 0. The maximum absolute atomic E-state index is 3.52. The van der Waals surface area contributed by atoms with Gasteiger partial charge < -0.3 is 5.32 Å². The van der Waals surface area contributed by atoms with Gasteiger partial charge in [-0.15, -0.1) is 0 Å². The van der Waals surface area contributed by atoms with Crippen LogP contribution in [0.1, 0.15) is 36.8 Å². The molecule has 0 radical (unpaired) electrons. The molecule has 0 heterocycles. The highest BCUT2D eigenvalue weighted by atomic mass is 14.8. The summed E-state index contributed by atoms with van der Waals surface area (Å²) in [4.78, 5) is 0. The minimum absolute atomic E-state index is 1.02. The van der Waals surface area contributed by atoms with Crippen LogP contribution in [-0.4, -0.2) is 6.54 Å². The van der Waals surface area contributed by atoms with Crippen LogP contribution in [0.3, 0.4) is 0 Å². The molecule has 1 aromatic carbocycles. The van der Waals surface area contributed by atoms with Crippen LogP contribution in [0.25, 0.3) is 0 Å². The van der Waals surface area contributed by atoms with Gasteiger partial charge in [0.15, 0.2) is 0 Å². The Morgan fingerprint density at radius 1 is 1.20 bits per heavy atom. The highest BCUT2D eigenvalue weighted by Gasteiger charge is 2.15. The zero-order valence-corrected chi connectivity index (χ0v) is 9.63. The zero-order valence-electron chi connectivity index (χ0n) is 9.63. The molecule has 1 aliphatic carbocycles. The highest BCUT2D eigenvalue weighted by Crippen LogP contribution is 2.28. The smallest absolute Gasteiger partial charge is 0.0205 e. The van der Waals surface area contributed by atoms with Crippen molar-refractivity contribution in [3.63, 3.8) is 0 Å². The molecule has 1 saturated carbocycles. The van der Waals surface area contributed by atoms with Crippen LogP contribution in [0.2, 0.25) is 0 Å². The van der Waals surface area contributed by atoms with E-state index >= 15 is 0 Å². The van der Waals surface area contributed by atoms with E-state index in [2.05, 4.69) is 36.5 Å². The molecule has 1 aliphatic rings. The van der Waals surface area contributed by atoms with Crippen molar-refractivity contribution in [3.05, 3.63) is 35.4 Å². The third kappa shape index (κ3) is 3.35. The van der Waals surface area contributed by atoms with E-state index in [4.69, 9.17) is 0 Å². The van der Waals surface area contributed by atoms with Gasteiger partial charge in [0.05, 0.1) is 0 Å². The van der Waals surface area contributed by atoms with Crippen LogP contribution < -0.4 is 5.32 Å². The van der Waals surface area contributed by atoms with Crippen molar-refractivity contribution in [2.75, 3.05) is 6.54 Å². The molecule has 1 fully saturated rings. The van der Waals surface area contributed by atoms with Crippen molar-refractivity contribution in [2.24, 2.45) is 5.92 Å². The summed E-state index contributed by atoms with van der Waals surface area (Å²) in [6.07, 6.45) is 5.76. The standard InChI is InChI=1S/C14H21N/c1-12-5-7-14(8-6-12)11-15-10-9-13-3-2-4-13/h5-8,13,15H,2-4,9-11H2,1H3. The molecule has 0 aliphatic heterocycles. The van der Waals surface area contributed by atoms with E-state index in [1.807, 2.05) is 0 Å². The number of hydrogen-bond donors (Lipinski definition) is 1. The first kappa shape index (κ1) is 10.7. The van der Waals surface area contributed by atoms with Crippen LogP contribution in [0.15, 0.2) is 24.3 Å². The molecule has 0 amide bonds. The van der Waals surface area contributed by atoms with Crippen molar-refractivity contribution in [1.82, 2.24) is 5.32 Å². The molecule has 82 valence electrons. The third-order valence-corrected chi connectivity index (χ3v) is 3.40. The van der Waals surface area contributed by atoms with Gasteiger partial charge in [0, 0.05) is 6.54 Å². The molecule has 15 heavy (non-hydrogen) atoms. The monoisotopic (exact) mass is 203 g/mol. The fraction of sp³-hybridized carbons (Fsp3) is 0.571. The first-order valence-electron chi connectivity index (χ1n) is 6.11. The van der Waals surface area contributed by atoms with Crippen LogP contribution >= 0.6 is 0 Å². The SMILES string of the molecule is Cc1ccc(CNCCC2CCC2)cc1. The van der Waals surface area contributed by atoms with E-state index in [0.717, 1.165) is 12.5 Å². The van der Waals surface area contributed by atoms with Crippen LogP contribution in [0.5, 0.6) is 0 Å². The second-order valence-electron chi connectivity index (χ2n) is 4.75. The number of hydrogen-bond acceptors (Lipinski definition) is 1. The first-order chi connectivity index (χ1) is 7.34. The molecule has 2 rings (SSSR count). The lowest BCUT2D eigenvalue weighted by atomic mass is 9.83. The molecule has 0 bridgehead atoms. The summed E-state index contributed by atoms with van der Waals surface area (Å²) < 4.78 is 0. The fourth-order valence-corrected chi connectivity index (χ4v) is 2.03. The lowest BCUT2D eigenvalue weighted by Gasteiger charge is -2.25. The van der Waals surface area contributed by atoms with Gasteiger partial charge in [-0.1, -0.05) is 49.1 Å². The van der Waals surface area contributed by atoms with E-state index in [1.165, 1.54) is 43.4 Å².